The van der Waals surface area contributed by atoms with Crippen LogP contribution in [0, 0.1) is 0 Å². The molecular formula is C45H83NO3. The maximum absolute atomic E-state index is 12.3. The summed E-state index contributed by atoms with van der Waals surface area (Å²) in [6.45, 7) is 4.28. The summed E-state index contributed by atoms with van der Waals surface area (Å²) in [5.41, 5.74) is 0. The molecule has 0 radical (unpaired) electrons. The molecule has 0 fully saturated rings. The highest BCUT2D eigenvalue weighted by atomic mass is 16.3. The largest absolute Gasteiger partial charge is 0.394 e. The van der Waals surface area contributed by atoms with E-state index in [0.717, 1.165) is 51.4 Å². The van der Waals surface area contributed by atoms with E-state index in [2.05, 4.69) is 55.6 Å². The van der Waals surface area contributed by atoms with Gasteiger partial charge >= 0.3 is 0 Å². The van der Waals surface area contributed by atoms with E-state index in [0.29, 0.717) is 6.42 Å². The van der Waals surface area contributed by atoms with Crippen LogP contribution >= 0.6 is 0 Å². The van der Waals surface area contributed by atoms with Gasteiger partial charge in [0.2, 0.25) is 5.91 Å². The predicted octanol–water partition coefficient (Wildman–Crippen LogP) is 13.2. The average molecular weight is 686 g/mol. The van der Waals surface area contributed by atoms with E-state index in [4.69, 9.17) is 0 Å². The summed E-state index contributed by atoms with van der Waals surface area (Å²) in [7, 11) is 0. The van der Waals surface area contributed by atoms with Gasteiger partial charge in [0.05, 0.1) is 18.8 Å². The van der Waals surface area contributed by atoms with E-state index in [1.165, 1.54) is 141 Å². The zero-order valence-electron chi connectivity index (χ0n) is 32.7. The molecule has 286 valence electrons. The van der Waals surface area contributed by atoms with Gasteiger partial charge in [0.1, 0.15) is 0 Å². The summed E-state index contributed by atoms with van der Waals surface area (Å²) in [4.78, 5) is 12.3. The first-order valence-corrected chi connectivity index (χ1v) is 21.4. The number of hydrogen-bond donors (Lipinski definition) is 3. The fourth-order valence-corrected chi connectivity index (χ4v) is 6.20. The quantitative estimate of drug-likeness (QED) is 0.0447. The highest BCUT2D eigenvalue weighted by Gasteiger charge is 2.17. The average Bonchev–Trinajstić information content (AvgIpc) is 3.10. The van der Waals surface area contributed by atoms with Gasteiger partial charge in [-0.3, -0.25) is 4.79 Å². The number of aliphatic hydroxyl groups is 2. The van der Waals surface area contributed by atoms with Crippen LogP contribution in [0.3, 0.4) is 0 Å². The predicted molar refractivity (Wildman–Crippen MR) is 216 cm³/mol. The molecule has 0 aliphatic rings. The normalized spacial score (nSPS) is 13.5. The molecule has 1 amide bonds. The second-order valence-corrected chi connectivity index (χ2v) is 14.4. The number of rotatable bonds is 38. The molecule has 0 spiro atoms. The Labute approximate surface area is 305 Å². The minimum absolute atomic E-state index is 0.0882. The highest BCUT2D eigenvalue weighted by Crippen LogP contribution is 2.14. The van der Waals surface area contributed by atoms with Crippen molar-refractivity contribution in [2.45, 2.75) is 225 Å². The number of carbonyl (C=O) groups excluding carboxylic acids is 1. The SMILES string of the molecule is CCCCCCC/C=C\CCCCCCCC(=O)NC(CO)C(O)/C=C/CC/C=C/CC/C=C/CCCCCCCCCCCCCCC. The number of amides is 1. The monoisotopic (exact) mass is 686 g/mol. The van der Waals surface area contributed by atoms with E-state index in [-0.39, 0.29) is 12.5 Å². The Morgan fingerprint density at radius 2 is 0.796 bits per heavy atom. The van der Waals surface area contributed by atoms with Crippen molar-refractivity contribution in [3.8, 4) is 0 Å². The van der Waals surface area contributed by atoms with Crippen LogP contribution in [0.25, 0.3) is 0 Å². The summed E-state index contributed by atoms with van der Waals surface area (Å²) in [5.74, 6) is -0.0882. The number of hydrogen-bond acceptors (Lipinski definition) is 3. The molecule has 49 heavy (non-hydrogen) atoms. The van der Waals surface area contributed by atoms with Gasteiger partial charge in [-0.15, -0.1) is 0 Å². The van der Waals surface area contributed by atoms with Gasteiger partial charge in [-0.2, -0.15) is 0 Å². The fourth-order valence-electron chi connectivity index (χ4n) is 6.20. The van der Waals surface area contributed by atoms with E-state index in [1.54, 1.807) is 6.08 Å². The lowest BCUT2D eigenvalue weighted by Gasteiger charge is -2.19. The summed E-state index contributed by atoms with van der Waals surface area (Å²) in [6, 6.07) is -0.649. The van der Waals surface area contributed by atoms with Gasteiger partial charge in [-0.1, -0.05) is 184 Å². The Balaban J connectivity index is 3.66. The standard InChI is InChI=1S/C45H83NO3/c1-3-5-7-9-11-13-15-17-19-20-21-22-23-24-25-26-27-28-30-32-34-36-38-40-44(48)43(42-47)46-45(49)41-39-37-35-33-31-29-18-16-14-12-10-8-6-4-2/h16,18,25-26,30,32,38,40,43-44,47-48H,3-15,17,19-24,27-29,31,33-37,39,41-42H2,1-2H3,(H,46,49)/b18-16-,26-25+,32-30+,40-38+. The maximum atomic E-state index is 12.3. The number of allylic oxidation sites excluding steroid dienone is 7. The molecule has 0 saturated carbocycles. The first-order valence-electron chi connectivity index (χ1n) is 21.4. The first kappa shape index (κ1) is 47.4. The lowest BCUT2D eigenvalue weighted by Crippen LogP contribution is -2.45. The van der Waals surface area contributed by atoms with Crippen molar-refractivity contribution in [3.63, 3.8) is 0 Å². The van der Waals surface area contributed by atoms with Crippen LogP contribution in [0.15, 0.2) is 48.6 Å². The molecule has 0 aromatic heterocycles. The number of nitrogens with one attached hydrogen (secondary N) is 1. The van der Waals surface area contributed by atoms with Gasteiger partial charge < -0.3 is 15.5 Å². The third-order valence-electron chi connectivity index (χ3n) is 9.51. The summed E-state index contributed by atoms with van der Waals surface area (Å²) in [6.07, 6.45) is 55.0. The van der Waals surface area contributed by atoms with Gasteiger partial charge in [-0.25, -0.2) is 0 Å². The molecule has 2 unspecified atom stereocenters. The Morgan fingerprint density at radius 1 is 0.469 bits per heavy atom. The molecule has 0 heterocycles. The second-order valence-electron chi connectivity index (χ2n) is 14.4. The molecule has 0 rings (SSSR count). The second kappa shape index (κ2) is 40.8. The lowest BCUT2D eigenvalue weighted by molar-refractivity contribution is -0.123. The Bertz CT molecular complexity index is 786. The molecule has 0 aliphatic carbocycles. The van der Waals surface area contributed by atoms with E-state index >= 15 is 0 Å². The Hall–Kier alpha value is -1.65. The Morgan fingerprint density at radius 3 is 1.18 bits per heavy atom. The van der Waals surface area contributed by atoms with Crippen LogP contribution < -0.4 is 5.32 Å². The fraction of sp³-hybridized carbons (Fsp3) is 0.800. The number of aliphatic hydroxyl groups excluding tert-OH is 2. The molecule has 0 aromatic carbocycles. The van der Waals surface area contributed by atoms with Crippen LogP contribution in [-0.2, 0) is 4.79 Å². The number of carbonyl (C=O) groups is 1. The van der Waals surface area contributed by atoms with Crippen molar-refractivity contribution < 1.29 is 15.0 Å². The maximum Gasteiger partial charge on any atom is 0.220 e. The minimum atomic E-state index is -0.873. The summed E-state index contributed by atoms with van der Waals surface area (Å²) < 4.78 is 0. The first-order chi connectivity index (χ1) is 24.2. The minimum Gasteiger partial charge on any atom is -0.394 e. The molecule has 0 saturated heterocycles. The van der Waals surface area contributed by atoms with Crippen LogP contribution in [0.2, 0.25) is 0 Å². The smallest absolute Gasteiger partial charge is 0.220 e. The molecule has 0 bridgehead atoms. The van der Waals surface area contributed by atoms with Crippen LogP contribution in [0.1, 0.15) is 213 Å². The molecule has 4 nitrogen and oxygen atoms in total. The van der Waals surface area contributed by atoms with Crippen LogP contribution in [0.5, 0.6) is 0 Å². The van der Waals surface area contributed by atoms with Crippen molar-refractivity contribution in [1.82, 2.24) is 5.32 Å². The number of unbranched alkanes of at least 4 members (excludes halogenated alkanes) is 25. The van der Waals surface area contributed by atoms with Crippen molar-refractivity contribution >= 4 is 5.91 Å². The van der Waals surface area contributed by atoms with Crippen LogP contribution in [-0.4, -0.2) is 34.9 Å². The lowest BCUT2D eigenvalue weighted by atomic mass is 10.0. The van der Waals surface area contributed by atoms with Gasteiger partial charge in [0, 0.05) is 6.42 Å². The molecule has 2 atom stereocenters. The topological polar surface area (TPSA) is 69.6 Å². The van der Waals surface area contributed by atoms with Gasteiger partial charge in [-0.05, 0) is 70.6 Å². The summed E-state index contributed by atoms with van der Waals surface area (Å²) in [5, 5.41) is 22.9. The zero-order chi connectivity index (χ0) is 35.7. The van der Waals surface area contributed by atoms with Gasteiger partial charge in [0.15, 0.2) is 0 Å². The van der Waals surface area contributed by atoms with Crippen molar-refractivity contribution in [2.24, 2.45) is 0 Å². The highest BCUT2D eigenvalue weighted by molar-refractivity contribution is 5.76. The summed E-state index contributed by atoms with van der Waals surface area (Å²) >= 11 is 0. The molecule has 4 heteroatoms. The third-order valence-corrected chi connectivity index (χ3v) is 9.51. The molecule has 0 aromatic rings. The van der Waals surface area contributed by atoms with E-state index in [1.807, 2.05) is 6.08 Å². The van der Waals surface area contributed by atoms with Crippen LogP contribution in [0.4, 0.5) is 0 Å². The zero-order valence-corrected chi connectivity index (χ0v) is 32.7. The van der Waals surface area contributed by atoms with Crippen molar-refractivity contribution in [1.29, 1.82) is 0 Å². The molecule has 0 aliphatic heterocycles. The van der Waals surface area contributed by atoms with Crippen molar-refractivity contribution in [3.05, 3.63) is 48.6 Å². The molecule has 3 N–H and O–H groups in total. The van der Waals surface area contributed by atoms with Gasteiger partial charge in [0.25, 0.3) is 0 Å². The Kier molecular flexibility index (Phi) is 39.4. The third kappa shape index (κ3) is 37.4. The van der Waals surface area contributed by atoms with E-state index in [9.17, 15) is 15.0 Å². The van der Waals surface area contributed by atoms with E-state index < -0.39 is 12.1 Å². The van der Waals surface area contributed by atoms with Crippen molar-refractivity contribution in [2.75, 3.05) is 6.61 Å². The molecular weight excluding hydrogens is 602 g/mol.